The maximum absolute atomic E-state index is 13.2. The third-order valence-corrected chi connectivity index (χ3v) is 3.55. The van der Waals surface area contributed by atoms with Gasteiger partial charge in [-0.05, 0) is 23.8 Å². The van der Waals surface area contributed by atoms with Gasteiger partial charge in [-0.2, -0.15) is 0 Å². The molecule has 0 spiro atoms. The lowest BCUT2D eigenvalue weighted by Crippen LogP contribution is -2.26. The highest BCUT2D eigenvalue weighted by atomic mass is 19.1. The number of hydrogen-bond acceptors (Lipinski definition) is 4. The smallest absolute Gasteiger partial charge is 0.251 e. The first-order chi connectivity index (χ1) is 12.1. The van der Waals surface area contributed by atoms with E-state index in [2.05, 4.69) is 26.8 Å². The second-order valence-electron chi connectivity index (χ2n) is 5.31. The van der Waals surface area contributed by atoms with Crippen molar-refractivity contribution in [2.45, 2.75) is 6.42 Å². The first kappa shape index (κ1) is 16.5. The van der Waals surface area contributed by atoms with E-state index in [0.717, 1.165) is 5.69 Å². The van der Waals surface area contributed by atoms with E-state index in [0.29, 0.717) is 24.5 Å². The molecule has 1 N–H and O–H groups in total. The van der Waals surface area contributed by atoms with E-state index >= 15 is 0 Å². The summed E-state index contributed by atoms with van der Waals surface area (Å²) < 4.78 is 14.9. The predicted octanol–water partition coefficient (Wildman–Crippen LogP) is 2.17. The monoisotopic (exact) mass is 337 g/mol. The lowest BCUT2D eigenvalue weighted by atomic mass is 10.1. The molecule has 0 fully saturated rings. The number of carbonyl (C=O) groups excluding carboxylic acids is 1. The number of halogens is 1. The number of rotatable bonds is 6. The number of aromatic nitrogens is 4. The Kier molecular flexibility index (Phi) is 4.94. The number of nitrogens with one attached hydrogen (secondary N) is 1. The molecule has 0 atom stereocenters. The van der Waals surface area contributed by atoms with Crippen molar-refractivity contribution in [3.63, 3.8) is 0 Å². The molecule has 0 radical (unpaired) electrons. The molecule has 1 amide bonds. The summed E-state index contributed by atoms with van der Waals surface area (Å²) >= 11 is 0. The van der Waals surface area contributed by atoms with Gasteiger partial charge in [-0.25, -0.2) is 19.3 Å². The maximum Gasteiger partial charge on any atom is 0.251 e. The van der Waals surface area contributed by atoms with Crippen LogP contribution in [0.3, 0.4) is 0 Å². The Balaban J connectivity index is 1.57. The van der Waals surface area contributed by atoms with Crippen molar-refractivity contribution in [2.24, 2.45) is 0 Å². The minimum atomic E-state index is -0.403. The van der Waals surface area contributed by atoms with Crippen LogP contribution in [0.1, 0.15) is 11.3 Å². The highest BCUT2D eigenvalue weighted by Gasteiger charge is 2.10. The Morgan fingerprint density at radius 3 is 2.92 bits per heavy atom. The molecule has 3 rings (SSSR count). The van der Waals surface area contributed by atoms with E-state index in [9.17, 15) is 9.18 Å². The first-order valence-electron chi connectivity index (χ1n) is 7.67. The van der Waals surface area contributed by atoms with Gasteiger partial charge in [0, 0.05) is 42.8 Å². The zero-order valence-electron chi connectivity index (χ0n) is 13.4. The van der Waals surface area contributed by atoms with Gasteiger partial charge in [0.05, 0.1) is 0 Å². The summed E-state index contributed by atoms with van der Waals surface area (Å²) in [6.45, 7) is 4.11. The number of hydrogen-bond donors (Lipinski definition) is 1. The average molecular weight is 337 g/mol. The molecule has 6 nitrogen and oxygen atoms in total. The number of carbonyl (C=O) groups is 1. The number of nitrogens with zero attached hydrogens (tertiary/aromatic N) is 4. The van der Waals surface area contributed by atoms with E-state index in [1.165, 1.54) is 12.1 Å². The summed E-state index contributed by atoms with van der Waals surface area (Å²) in [6, 6.07) is 7.58. The lowest BCUT2D eigenvalue weighted by Gasteiger charge is -2.08. The van der Waals surface area contributed by atoms with E-state index in [4.69, 9.17) is 0 Å². The molecule has 126 valence electrons. The maximum atomic E-state index is 13.2. The zero-order chi connectivity index (χ0) is 17.6. The fourth-order valence-corrected chi connectivity index (χ4v) is 2.24. The molecule has 2 heterocycles. The molecule has 0 unspecified atom stereocenters. The topological polar surface area (TPSA) is 72.7 Å². The van der Waals surface area contributed by atoms with E-state index in [1.807, 2.05) is 0 Å². The normalized spacial score (nSPS) is 10.4. The van der Waals surface area contributed by atoms with Crippen LogP contribution in [0.2, 0.25) is 0 Å². The van der Waals surface area contributed by atoms with Crippen LogP contribution in [0.25, 0.3) is 11.5 Å². The SMILES string of the molecule is C=C(C(=O)NCCc1ccnc(-n2ccnc2)n1)c1cccc(F)c1. The summed E-state index contributed by atoms with van der Waals surface area (Å²) in [5, 5.41) is 2.76. The minimum Gasteiger partial charge on any atom is -0.352 e. The van der Waals surface area contributed by atoms with Crippen LogP contribution in [0.5, 0.6) is 0 Å². The van der Waals surface area contributed by atoms with Crippen molar-refractivity contribution in [3.8, 4) is 5.95 Å². The molecule has 0 bridgehead atoms. The van der Waals surface area contributed by atoms with Crippen molar-refractivity contribution >= 4 is 11.5 Å². The highest BCUT2D eigenvalue weighted by molar-refractivity contribution is 6.18. The van der Waals surface area contributed by atoms with Crippen LogP contribution in [0.4, 0.5) is 4.39 Å². The van der Waals surface area contributed by atoms with E-state index in [1.54, 1.807) is 47.7 Å². The fourth-order valence-electron chi connectivity index (χ4n) is 2.24. The van der Waals surface area contributed by atoms with Gasteiger partial charge in [-0.3, -0.25) is 9.36 Å². The van der Waals surface area contributed by atoms with Crippen molar-refractivity contribution in [1.82, 2.24) is 24.8 Å². The molecular formula is C18H16FN5O. The summed E-state index contributed by atoms with van der Waals surface area (Å²) in [6.07, 6.45) is 7.21. The van der Waals surface area contributed by atoms with E-state index < -0.39 is 5.82 Å². The summed E-state index contributed by atoms with van der Waals surface area (Å²) in [4.78, 5) is 24.7. The van der Waals surface area contributed by atoms with Crippen LogP contribution >= 0.6 is 0 Å². The van der Waals surface area contributed by atoms with Crippen LogP contribution in [0, 0.1) is 5.82 Å². The molecule has 2 aromatic heterocycles. The van der Waals surface area contributed by atoms with Crippen molar-refractivity contribution in [3.05, 3.63) is 78.9 Å². The fraction of sp³-hybridized carbons (Fsp3) is 0.111. The Morgan fingerprint density at radius 1 is 1.28 bits per heavy atom. The second kappa shape index (κ2) is 7.48. The van der Waals surface area contributed by atoms with E-state index in [-0.39, 0.29) is 11.5 Å². The van der Waals surface area contributed by atoms with Gasteiger partial charge in [0.25, 0.3) is 5.91 Å². The third kappa shape index (κ3) is 4.14. The lowest BCUT2D eigenvalue weighted by molar-refractivity contribution is -0.115. The zero-order valence-corrected chi connectivity index (χ0v) is 13.4. The van der Waals surface area contributed by atoms with Gasteiger partial charge < -0.3 is 5.32 Å². The van der Waals surface area contributed by atoms with Gasteiger partial charge in [0.2, 0.25) is 5.95 Å². The largest absolute Gasteiger partial charge is 0.352 e. The molecule has 25 heavy (non-hydrogen) atoms. The molecule has 0 aliphatic rings. The summed E-state index contributed by atoms with van der Waals surface area (Å²) in [5.41, 5.74) is 1.47. The van der Waals surface area contributed by atoms with Gasteiger partial charge >= 0.3 is 0 Å². The number of amides is 1. The van der Waals surface area contributed by atoms with Crippen molar-refractivity contribution in [1.29, 1.82) is 0 Å². The molecule has 0 aliphatic heterocycles. The predicted molar refractivity (Wildman–Crippen MR) is 91.3 cm³/mol. The van der Waals surface area contributed by atoms with Gasteiger partial charge in [0.1, 0.15) is 12.1 Å². The summed E-state index contributed by atoms with van der Waals surface area (Å²) in [5.74, 6) is -0.223. The quantitative estimate of drug-likeness (QED) is 0.700. The van der Waals surface area contributed by atoms with Crippen molar-refractivity contribution < 1.29 is 9.18 Å². The number of benzene rings is 1. The Bertz CT molecular complexity index is 892. The summed E-state index contributed by atoms with van der Waals surface area (Å²) in [7, 11) is 0. The number of imidazole rings is 1. The van der Waals surface area contributed by atoms with Gasteiger partial charge in [-0.15, -0.1) is 0 Å². The molecule has 3 aromatic rings. The van der Waals surface area contributed by atoms with Crippen LogP contribution in [-0.2, 0) is 11.2 Å². The Hall–Kier alpha value is -3.35. The standard InChI is InChI=1S/C18H16FN5O/c1-13(14-3-2-4-15(19)11-14)17(25)21-7-5-16-6-8-22-18(23-16)24-10-9-20-12-24/h2-4,6,8-12H,1,5,7H2,(H,21,25). The molecule has 7 heteroatoms. The molecule has 0 aliphatic carbocycles. The van der Waals surface area contributed by atoms with Crippen molar-refractivity contribution in [2.75, 3.05) is 6.54 Å². The van der Waals surface area contributed by atoms with Gasteiger partial charge in [0.15, 0.2) is 0 Å². The molecular weight excluding hydrogens is 321 g/mol. The Labute approximate surface area is 144 Å². The van der Waals surface area contributed by atoms with Crippen LogP contribution in [-0.4, -0.2) is 32.0 Å². The minimum absolute atomic E-state index is 0.223. The Morgan fingerprint density at radius 2 is 2.16 bits per heavy atom. The van der Waals surface area contributed by atoms with Crippen LogP contribution in [0.15, 0.2) is 61.8 Å². The molecule has 0 saturated heterocycles. The second-order valence-corrected chi connectivity index (χ2v) is 5.31. The average Bonchev–Trinajstić information content (AvgIpc) is 3.16. The van der Waals surface area contributed by atoms with Crippen LogP contribution < -0.4 is 5.32 Å². The molecule has 1 aromatic carbocycles. The highest BCUT2D eigenvalue weighted by Crippen LogP contribution is 2.13. The van der Waals surface area contributed by atoms with Gasteiger partial charge in [-0.1, -0.05) is 18.7 Å². The first-order valence-corrected chi connectivity index (χ1v) is 7.67. The third-order valence-electron chi connectivity index (χ3n) is 3.55. The molecule has 0 saturated carbocycles.